The maximum absolute atomic E-state index is 12.6. The van der Waals surface area contributed by atoms with Gasteiger partial charge in [-0.05, 0) is 69.7 Å². The first-order valence-corrected chi connectivity index (χ1v) is 12.3. The van der Waals surface area contributed by atoms with Gasteiger partial charge in [0, 0.05) is 11.4 Å². The van der Waals surface area contributed by atoms with Crippen LogP contribution in [0, 0.1) is 20.8 Å². The zero-order valence-corrected chi connectivity index (χ0v) is 20.6. The molecule has 0 spiro atoms. The van der Waals surface area contributed by atoms with Crippen molar-refractivity contribution in [3.05, 3.63) is 82.2 Å². The minimum absolute atomic E-state index is 0.0327. The highest BCUT2D eigenvalue weighted by molar-refractivity contribution is 7.92. The van der Waals surface area contributed by atoms with Crippen LogP contribution >= 0.6 is 0 Å². The molecule has 0 amide bonds. The van der Waals surface area contributed by atoms with E-state index in [4.69, 9.17) is 9.47 Å². The minimum Gasteiger partial charge on any atom is -0.462 e. The fraction of sp³-hybridized carbons (Fsp3) is 0.240. The van der Waals surface area contributed by atoms with Gasteiger partial charge in [0.25, 0.3) is 10.0 Å². The van der Waals surface area contributed by atoms with Gasteiger partial charge in [0.05, 0.1) is 28.3 Å². The topological polar surface area (TPSA) is 132 Å². The number of aryl methyl sites for hydroxylation is 2. The second-order valence-corrected chi connectivity index (χ2v) is 9.52. The summed E-state index contributed by atoms with van der Waals surface area (Å²) >= 11 is 0. The lowest BCUT2D eigenvalue weighted by molar-refractivity contribution is 0.0472. The summed E-state index contributed by atoms with van der Waals surface area (Å²) in [7, 11) is -3.85. The predicted octanol–water partition coefficient (Wildman–Crippen LogP) is 3.96. The van der Waals surface area contributed by atoms with Crippen LogP contribution in [0.2, 0.25) is 0 Å². The van der Waals surface area contributed by atoms with Gasteiger partial charge in [-0.3, -0.25) is 9.52 Å². The van der Waals surface area contributed by atoms with Gasteiger partial charge in [-0.1, -0.05) is 17.7 Å². The van der Waals surface area contributed by atoms with Crippen LogP contribution in [0.25, 0.3) is 0 Å². The Kier molecular flexibility index (Phi) is 7.75. The molecular formula is C25H26N2O7S. The summed E-state index contributed by atoms with van der Waals surface area (Å²) in [5.41, 5.74) is 2.82. The standard InChI is InChI=1S/C25H26N2O7S/c1-5-33-25(30)22-16(3)23(26-17(22)4)21(28)14-34-24(29)18-8-12-20(13-9-18)35(31,32)27-19-10-6-15(2)7-11-19/h6-13,26-27H,5,14H2,1-4H3. The Morgan fingerprint density at radius 1 is 0.886 bits per heavy atom. The van der Waals surface area contributed by atoms with Crippen molar-refractivity contribution in [3.8, 4) is 0 Å². The maximum Gasteiger partial charge on any atom is 0.340 e. The SMILES string of the molecule is CCOC(=O)c1c(C)[nH]c(C(=O)COC(=O)c2ccc(S(=O)(=O)Nc3ccc(C)cc3)cc2)c1C. The van der Waals surface area contributed by atoms with Crippen molar-refractivity contribution in [2.75, 3.05) is 17.9 Å². The summed E-state index contributed by atoms with van der Waals surface area (Å²) in [4.78, 5) is 39.9. The second-order valence-electron chi connectivity index (χ2n) is 7.84. The van der Waals surface area contributed by atoms with Crippen LogP contribution < -0.4 is 4.72 Å². The van der Waals surface area contributed by atoms with Gasteiger partial charge in [0.2, 0.25) is 5.78 Å². The molecule has 9 nitrogen and oxygen atoms in total. The van der Waals surface area contributed by atoms with Gasteiger partial charge in [-0.15, -0.1) is 0 Å². The summed E-state index contributed by atoms with van der Waals surface area (Å²) in [5, 5.41) is 0. The number of nitrogens with one attached hydrogen (secondary N) is 2. The number of aromatic amines is 1. The molecule has 2 N–H and O–H groups in total. The van der Waals surface area contributed by atoms with Crippen molar-refractivity contribution in [2.24, 2.45) is 0 Å². The smallest absolute Gasteiger partial charge is 0.340 e. The Hall–Kier alpha value is -3.92. The molecule has 0 aliphatic rings. The van der Waals surface area contributed by atoms with Crippen LogP contribution in [0.15, 0.2) is 53.4 Å². The summed E-state index contributed by atoms with van der Waals surface area (Å²) in [6.07, 6.45) is 0. The number of aromatic nitrogens is 1. The lowest BCUT2D eigenvalue weighted by Crippen LogP contribution is -2.16. The molecule has 3 rings (SSSR count). The number of carbonyl (C=O) groups is 3. The highest BCUT2D eigenvalue weighted by Crippen LogP contribution is 2.20. The number of carbonyl (C=O) groups excluding carboxylic acids is 3. The first kappa shape index (κ1) is 25.7. The Labute approximate surface area is 203 Å². The summed E-state index contributed by atoms with van der Waals surface area (Å²) in [6, 6.07) is 12.0. The van der Waals surface area contributed by atoms with E-state index in [0.717, 1.165) is 5.56 Å². The van der Waals surface area contributed by atoms with E-state index >= 15 is 0 Å². The van der Waals surface area contributed by atoms with Crippen LogP contribution in [0.1, 0.15) is 54.9 Å². The number of H-pyrrole nitrogens is 1. The number of Topliss-reactive ketones (excluding diaryl/α,β-unsaturated/α-hetero) is 1. The number of benzene rings is 2. The number of hydrogen-bond acceptors (Lipinski definition) is 7. The molecule has 0 radical (unpaired) electrons. The molecule has 0 aliphatic carbocycles. The Bertz CT molecular complexity index is 1360. The lowest BCUT2D eigenvalue weighted by atomic mass is 10.1. The van der Waals surface area contributed by atoms with Gasteiger partial charge in [-0.25, -0.2) is 18.0 Å². The zero-order chi connectivity index (χ0) is 25.8. The molecule has 0 unspecified atom stereocenters. The van der Waals surface area contributed by atoms with E-state index in [-0.39, 0.29) is 28.3 Å². The lowest BCUT2D eigenvalue weighted by Gasteiger charge is -2.09. The third kappa shape index (κ3) is 5.96. The van der Waals surface area contributed by atoms with E-state index in [9.17, 15) is 22.8 Å². The molecule has 2 aromatic carbocycles. The van der Waals surface area contributed by atoms with Crippen molar-refractivity contribution in [1.82, 2.24) is 4.98 Å². The van der Waals surface area contributed by atoms with Crippen LogP contribution in [-0.2, 0) is 19.5 Å². The van der Waals surface area contributed by atoms with Gasteiger partial charge in [0.15, 0.2) is 6.61 Å². The summed E-state index contributed by atoms with van der Waals surface area (Å²) in [5.74, 6) is -1.85. The van der Waals surface area contributed by atoms with E-state index in [0.29, 0.717) is 16.9 Å². The second kappa shape index (κ2) is 10.6. The molecule has 1 heterocycles. The van der Waals surface area contributed by atoms with Crippen LogP contribution in [0.4, 0.5) is 5.69 Å². The number of ketones is 1. The van der Waals surface area contributed by atoms with Crippen molar-refractivity contribution in [2.45, 2.75) is 32.6 Å². The first-order chi connectivity index (χ1) is 16.5. The van der Waals surface area contributed by atoms with Crippen LogP contribution in [0.5, 0.6) is 0 Å². The molecule has 0 aliphatic heterocycles. The van der Waals surface area contributed by atoms with Crippen molar-refractivity contribution < 1.29 is 32.3 Å². The Morgan fingerprint density at radius 2 is 1.51 bits per heavy atom. The van der Waals surface area contributed by atoms with E-state index in [2.05, 4.69) is 9.71 Å². The molecule has 0 bridgehead atoms. The highest BCUT2D eigenvalue weighted by atomic mass is 32.2. The number of anilines is 1. The normalized spacial score (nSPS) is 11.1. The summed E-state index contributed by atoms with van der Waals surface area (Å²) in [6.45, 7) is 6.47. The third-order valence-corrected chi connectivity index (χ3v) is 6.63. The van der Waals surface area contributed by atoms with E-state index in [1.807, 2.05) is 6.92 Å². The first-order valence-electron chi connectivity index (χ1n) is 10.8. The molecule has 0 saturated carbocycles. The number of rotatable bonds is 9. The van der Waals surface area contributed by atoms with Crippen molar-refractivity contribution >= 4 is 33.4 Å². The molecule has 184 valence electrons. The van der Waals surface area contributed by atoms with Gasteiger partial charge in [0.1, 0.15) is 0 Å². The number of ether oxygens (including phenoxy) is 2. The number of esters is 2. The Balaban J connectivity index is 1.65. The van der Waals surface area contributed by atoms with Crippen molar-refractivity contribution in [3.63, 3.8) is 0 Å². The molecule has 35 heavy (non-hydrogen) atoms. The quantitative estimate of drug-likeness (QED) is 0.337. The third-order valence-electron chi connectivity index (χ3n) is 5.23. The Morgan fingerprint density at radius 3 is 2.11 bits per heavy atom. The molecule has 0 saturated heterocycles. The molecule has 0 atom stereocenters. The average Bonchev–Trinajstić information content (AvgIpc) is 3.12. The monoisotopic (exact) mass is 498 g/mol. The fourth-order valence-electron chi connectivity index (χ4n) is 3.43. The highest BCUT2D eigenvalue weighted by Gasteiger charge is 2.24. The average molecular weight is 499 g/mol. The molecular weight excluding hydrogens is 472 g/mol. The van der Waals surface area contributed by atoms with Gasteiger partial charge < -0.3 is 14.5 Å². The molecule has 0 fully saturated rings. The molecule has 1 aromatic heterocycles. The zero-order valence-electron chi connectivity index (χ0n) is 19.8. The van der Waals surface area contributed by atoms with E-state index in [1.165, 1.54) is 24.3 Å². The minimum atomic E-state index is -3.85. The largest absolute Gasteiger partial charge is 0.462 e. The predicted molar refractivity (Wildman–Crippen MR) is 129 cm³/mol. The van der Waals surface area contributed by atoms with E-state index in [1.54, 1.807) is 45.0 Å². The molecule has 10 heteroatoms. The van der Waals surface area contributed by atoms with Crippen molar-refractivity contribution in [1.29, 1.82) is 0 Å². The maximum atomic E-state index is 12.6. The van der Waals surface area contributed by atoms with Crippen LogP contribution in [0.3, 0.4) is 0 Å². The van der Waals surface area contributed by atoms with Gasteiger partial charge in [-0.2, -0.15) is 0 Å². The number of sulfonamides is 1. The van der Waals surface area contributed by atoms with Crippen LogP contribution in [-0.4, -0.2) is 44.3 Å². The van der Waals surface area contributed by atoms with E-state index < -0.39 is 34.4 Å². The number of hydrogen-bond donors (Lipinski definition) is 2. The van der Waals surface area contributed by atoms with Gasteiger partial charge >= 0.3 is 11.9 Å². The molecule has 3 aromatic rings. The summed E-state index contributed by atoms with van der Waals surface area (Å²) < 4.78 is 37.7. The fourth-order valence-corrected chi connectivity index (χ4v) is 4.49.